The van der Waals surface area contributed by atoms with E-state index in [1.54, 1.807) is 6.20 Å². The number of carbonyl (C=O) groups is 1. The lowest BCUT2D eigenvalue weighted by Crippen LogP contribution is -2.31. The van der Waals surface area contributed by atoms with Crippen LogP contribution in [0, 0.1) is 5.92 Å². The van der Waals surface area contributed by atoms with E-state index in [2.05, 4.69) is 37.2 Å². The van der Waals surface area contributed by atoms with Crippen molar-refractivity contribution in [3.05, 3.63) is 42.0 Å². The first kappa shape index (κ1) is 15.6. The molecule has 0 atom stereocenters. The molecule has 1 saturated heterocycles. The van der Waals surface area contributed by atoms with E-state index in [1.165, 1.54) is 25.4 Å². The molecule has 122 valence electrons. The van der Waals surface area contributed by atoms with E-state index in [4.69, 9.17) is 0 Å². The van der Waals surface area contributed by atoms with Crippen LogP contribution in [0.3, 0.4) is 0 Å². The average molecular weight is 314 g/mol. The molecule has 1 aliphatic rings. The second kappa shape index (κ2) is 7.32. The zero-order chi connectivity index (χ0) is 16.1. The van der Waals surface area contributed by atoms with Crippen molar-refractivity contribution < 1.29 is 4.79 Å². The van der Waals surface area contributed by atoms with Gasteiger partial charge in [0.15, 0.2) is 0 Å². The largest absolute Gasteiger partial charge is 0.345 e. The van der Waals surface area contributed by atoms with Gasteiger partial charge in [0.1, 0.15) is 5.69 Å². The fourth-order valence-electron chi connectivity index (χ4n) is 2.79. The van der Waals surface area contributed by atoms with E-state index in [1.807, 2.05) is 6.20 Å². The first-order valence-electron chi connectivity index (χ1n) is 7.95. The van der Waals surface area contributed by atoms with E-state index in [-0.39, 0.29) is 5.91 Å². The highest BCUT2D eigenvalue weighted by Crippen LogP contribution is 2.19. The van der Waals surface area contributed by atoms with Crippen molar-refractivity contribution in [2.45, 2.75) is 25.8 Å². The Morgan fingerprint density at radius 2 is 2.00 bits per heavy atom. The summed E-state index contributed by atoms with van der Waals surface area (Å²) in [5, 5.41) is 2.79. The molecular formula is C16H22N6O. The third-order valence-electron chi connectivity index (χ3n) is 4.27. The number of carbonyl (C=O) groups excluding carboxylic acids is 1. The van der Waals surface area contributed by atoms with Crippen molar-refractivity contribution in [1.29, 1.82) is 0 Å². The molecule has 0 radical (unpaired) electrons. The minimum atomic E-state index is -0.195. The van der Waals surface area contributed by atoms with Crippen LogP contribution < -0.4 is 5.32 Å². The maximum atomic E-state index is 11.8. The topological polar surface area (TPSA) is 86.8 Å². The molecule has 1 fully saturated rings. The van der Waals surface area contributed by atoms with Crippen LogP contribution in [-0.4, -0.2) is 50.9 Å². The maximum absolute atomic E-state index is 11.8. The lowest BCUT2D eigenvalue weighted by atomic mass is 9.92. The van der Waals surface area contributed by atoms with Gasteiger partial charge >= 0.3 is 0 Å². The van der Waals surface area contributed by atoms with Crippen LogP contribution in [0.15, 0.2) is 24.9 Å². The van der Waals surface area contributed by atoms with Gasteiger partial charge in [0.25, 0.3) is 5.91 Å². The Bertz CT molecular complexity index is 617. The highest BCUT2D eigenvalue weighted by molar-refractivity contribution is 5.91. The van der Waals surface area contributed by atoms with Gasteiger partial charge in [-0.05, 0) is 45.3 Å². The molecule has 1 amide bonds. The third-order valence-corrected chi connectivity index (χ3v) is 4.27. The molecule has 7 heteroatoms. The highest BCUT2D eigenvalue weighted by Gasteiger charge is 2.17. The number of piperidine rings is 1. The minimum Gasteiger partial charge on any atom is -0.345 e. The number of nitrogens with zero attached hydrogens (tertiary/aromatic N) is 4. The molecule has 0 saturated carbocycles. The van der Waals surface area contributed by atoms with E-state index in [0.29, 0.717) is 18.2 Å². The van der Waals surface area contributed by atoms with E-state index >= 15 is 0 Å². The summed E-state index contributed by atoms with van der Waals surface area (Å²) in [7, 11) is 2.17. The molecule has 0 spiro atoms. The van der Waals surface area contributed by atoms with Crippen molar-refractivity contribution in [2.24, 2.45) is 5.92 Å². The van der Waals surface area contributed by atoms with Gasteiger partial charge in [-0.1, -0.05) is 0 Å². The summed E-state index contributed by atoms with van der Waals surface area (Å²) in [6, 6.07) is 0. The summed E-state index contributed by atoms with van der Waals surface area (Å²) in [6.07, 6.45) is 9.98. The predicted octanol–water partition coefficient (Wildman–Crippen LogP) is 1.01. The number of amides is 1. The smallest absolute Gasteiger partial charge is 0.269 e. The Morgan fingerprint density at radius 3 is 2.65 bits per heavy atom. The molecule has 0 aromatic carbocycles. The Labute approximate surface area is 135 Å². The van der Waals surface area contributed by atoms with Crippen LogP contribution in [0.5, 0.6) is 0 Å². The molecule has 7 nitrogen and oxygen atoms in total. The molecule has 0 unspecified atom stereocenters. The minimum absolute atomic E-state index is 0.195. The second-order valence-corrected chi connectivity index (χ2v) is 6.10. The van der Waals surface area contributed by atoms with Crippen molar-refractivity contribution in [3.8, 4) is 0 Å². The summed E-state index contributed by atoms with van der Waals surface area (Å²) in [4.78, 5) is 29.6. The average Bonchev–Trinajstić information content (AvgIpc) is 3.11. The number of H-pyrrole nitrogens is 1. The Hall–Kier alpha value is -2.28. The number of imidazole rings is 1. The number of hydrogen-bond donors (Lipinski definition) is 2. The summed E-state index contributed by atoms with van der Waals surface area (Å²) in [5.41, 5.74) is 2.23. The van der Waals surface area contributed by atoms with Crippen LogP contribution in [0.2, 0.25) is 0 Å². The van der Waals surface area contributed by atoms with Crippen LogP contribution >= 0.6 is 0 Å². The van der Waals surface area contributed by atoms with Gasteiger partial charge in [-0.2, -0.15) is 0 Å². The van der Waals surface area contributed by atoms with Crippen molar-refractivity contribution in [2.75, 3.05) is 20.1 Å². The summed E-state index contributed by atoms with van der Waals surface area (Å²) < 4.78 is 0. The first-order valence-corrected chi connectivity index (χ1v) is 7.95. The molecule has 2 N–H and O–H groups in total. The lowest BCUT2D eigenvalue weighted by Gasteiger charge is -2.28. The SMILES string of the molecule is CN1CCC(Cc2cnc(CNC(=O)c3cnc[nH]3)cn2)CC1. The standard InChI is InChI=1S/C16H22N6O/c1-22-4-2-12(3-5-22)6-13-7-19-14(8-18-13)9-20-16(23)15-10-17-11-21-15/h7-8,10-12H,2-6,9H2,1H3,(H,17,21)(H,20,23). The van der Waals surface area contributed by atoms with Crippen molar-refractivity contribution in [3.63, 3.8) is 0 Å². The Kier molecular flexibility index (Phi) is 4.97. The molecule has 0 bridgehead atoms. The van der Waals surface area contributed by atoms with Gasteiger partial charge in [0.2, 0.25) is 0 Å². The third kappa shape index (κ3) is 4.35. The maximum Gasteiger partial charge on any atom is 0.269 e. The number of aromatic nitrogens is 4. The zero-order valence-corrected chi connectivity index (χ0v) is 13.3. The summed E-state index contributed by atoms with van der Waals surface area (Å²) in [5.74, 6) is 0.506. The van der Waals surface area contributed by atoms with Gasteiger partial charge in [-0.25, -0.2) is 4.98 Å². The fourth-order valence-corrected chi connectivity index (χ4v) is 2.79. The Balaban J connectivity index is 1.48. The van der Waals surface area contributed by atoms with Crippen LogP contribution in [0.4, 0.5) is 0 Å². The van der Waals surface area contributed by atoms with Gasteiger partial charge < -0.3 is 15.2 Å². The van der Waals surface area contributed by atoms with E-state index < -0.39 is 0 Å². The summed E-state index contributed by atoms with van der Waals surface area (Å²) >= 11 is 0. The normalized spacial score (nSPS) is 16.4. The molecule has 3 heterocycles. The number of hydrogen-bond acceptors (Lipinski definition) is 5. The van der Waals surface area contributed by atoms with Gasteiger partial charge in [0, 0.05) is 6.20 Å². The number of rotatable bonds is 5. The zero-order valence-electron chi connectivity index (χ0n) is 13.3. The fraction of sp³-hybridized carbons (Fsp3) is 0.500. The van der Waals surface area contributed by atoms with Crippen molar-refractivity contribution in [1.82, 2.24) is 30.2 Å². The predicted molar refractivity (Wildman–Crippen MR) is 85.7 cm³/mol. The van der Waals surface area contributed by atoms with Crippen molar-refractivity contribution >= 4 is 5.91 Å². The second-order valence-electron chi connectivity index (χ2n) is 6.10. The number of aromatic amines is 1. The number of likely N-dealkylation sites (tertiary alicyclic amines) is 1. The van der Waals surface area contributed by atoms with Crippen LogP contribution in [0.1, 0.15) is 34.7 Å². The van der Waals surface area contributed by atoms with Gasteiger partial charge in [-0.15, -0.1) is 0 Å². The molecule has 0 aliphatic carbocycles. The highest BCUT2D eigenvalue weighted by atomic mass is 16.1. The molecule has 1 aliphatic heterocycles. The van der Waals surface area contributed by atoms with Gasteiger partial charge in [-0.3, -0.25) is 14.8 Å². The summed E-state index contributed by atoms with van der Waals surface area (Å²) in [6.45, 7) is 2.69. The first-order chi connectivity index (χ1) is 11.2. The van der Waals surface area contributed by atoms with Gasteiger partial charge in [0.05, 0.1) is 36.7 Å². The monoisotopic (exact) mass is 314 g/mol. The van der Waals surface area contributed by atoms with Crippen LogP contribution in [-0.2, 0) is 13.0 Å². The Morgan fingerprint density at radius 1 is 1.26 bits per heavy atom. The van der Waals surface area contributed by atoms with E-state index in [9.17, 15) is 4.79 Å². The number of nitrogens with one attached hydrogen (secondary N) is 2. The molecule has 2 aromatic heterocycles. The molecule has 2 aromatic rings. The molecular weight excluding hydrogens is 292 g/mol. The molecule has 3 rings (SSSR count). The molecule has 23 heavy (non-hydrogen) atoms. The van der Waals surface area contributed by atoms with E-state index in [0.717, 1.165) is 30.9 Å². The quantitative estimate of drug-likeness (QED) is 0.860. The lowest BCUT2D eigenvalue weighted by molar-refractivity contribution is 0.0946. The van der Waals surface area contributed by atoms with Crippen LogP contribution in [0.25, 0.3) is 0 Å².